The van der Waals surface area contributed by atoms with Gasteiger partial charge < -0.3 is 15.0 Å². The predicted octanol–water partition coefficient (Wildman–Crippen LogP) is 2.77. The monoisotopic (exact) mass is 388 g/mol. The molecule has 2 amide bonds. The maximum absolute atomic E-state index is 12.9. The molecule has 0 spiro atoms. The lowest BCUT2D eigenvalue weighted by Crippen LogP contribution is -2.52. The van der Waals surface area contributed by atoms with Crippen LogP contribution >= 0.6 is 15.9 Å². The van der Waals surface area contributed by atoms with Gasteiger partial charge in [-0.25, -0.2) is 0 Å². The fourth-order valence-corrected chi connectivity index (χ4v) is 3.19. The second-order valence-corrected chi connectivity index (χ2v) is 6.39. The van der Waals surface area contributed by atoms with Crippen LogP contribution in [-0.2, 0) is 4.79 Å². The topological polar surface area (TPSA) is 58.6 Å². The Bertz CT molecular complexity index is 761. The molecule has 1 N–H and O–H groups in total. The number of halogens is 1. The highest BCUT2D eigenvalue weighted by Gasteiger charge is 2.34. The second kappa shape index (κ2) is 7.05. The highest BCUT2D eigenvalue weighted by Crippen LogP contribution is 2.27. The number of methoxy groups -OCH3 is 1. The molecule has 24 heavy (non-hydrogen) atoms. The average molecular weight is 389 g/mol. The minimum Gasteiger partial charge on any atom is -0.497 e. The highest BCUT2D eigenvalue weighted by molar-refractivity contribution is 9.10. The molecule has 0 aliphatic carbocycles. The highest BCUT2D eigenvalue weighted by atomic mass is 79.9. The zero-order valence-electron chi connectivity index (χ0n) is 13.2. The molecule has 0 radical (unpaired) electrons. The summed E-state index contributed by atoms with van der Waals surface area (Å²) in [6.07, 6.45) is 0. The van der Waals surface area contributed by atoms with Crippen molar-refractivity contribution in [3.05, 3.63) is 64.1 Å². The molecule has 1 fully saturated rings. The van der Waals surface area contributed by atoms with Crippen LogP contribution in [0.15, 0.2) is 53.0 Å². The van der Waals surface area contributed by atoms with Gasteiger partial charge in [0.25, 0.3) is 5.91 Å². The number of ether oxygens (including phenoxy) is 1. The molecule has 124 valence electrons. The number of rotatable bonds is 3. The van der Waals surface area contributed by atoms with Crippen LogP contribution in [0.2, 0.25) is 0 Å². The SMILES string of the molecule is COc1ccc(C2C(=O)NCCN2C(=O)c2cccc(Br)c2)cc1. The van der Waals surface area contributed by atoms with Crippen molar-refractivity contribution in [1.29, 1.82) is 0 Å². The van der Waals surface area contributed by atoms with Gasteiger partial charge in [0.15, 0.2) is 0 Å². The number of amides is 2. The molecule has 0 saturated carbocycles. The molecule has 2 aromatic rings. The van der Waals surface area contributed by atoms with Crippen LogP contribution in [0.4, 0.5) is 0 Å². The van der Waals surface area contributed by atoms with Gasteiger partial charge in [-0.05, 0) is 35.9 Å². The van der Waals surface area contributed by atoms with Crippen LogP contribution in [-0.4, -0.2) is 36.9 Å². The number of nitrogens with zero attached hydrogens (tertiary/aromatic N) is 1. The first-order chi connectivity index (χ1) is 11.6. The van der Waals surface area contributed by atoms with Crippen molar-refractivity contribution in [2.75, 3.05) is 20.2 Å². The van der Waals surface area contributed by atoms with Crippen molar-refractivity contribution in [2.45, 2.75) is 6.04 Å². The van der Waals surface area contributed by atoms with Gasteiger partial charge in [0.05, 0.1) is 7.11 Å². The largest absolute Gasteiger partial charge is 0.497 e. The molecular weight excluding hydrogens is 372 g/mol. The third kappa shape index (κ3) is 3.28. The number of benzene rings is 2. The lowest BCUT2D eigenvalue weighted by molar-refractivity contribution is -0.128. The first kappa shape index (κ1) is 16.5. The Morgan fingerprint density at radius 1 is 1.25 bits per heavy atom. The van der Waals surface area contributed by atoms with E-state index < -0.39 is 6.04 Å². The summed E-state index contributed by atoms with van der Waals surface area (Å²) in [7, 11) is 1.59. The predicted molar refractivity (Wildman–Crippen MR) is 93.9 cm³/mol. The van der Waals surface area contributed by atoms with Crippen LogP contribution in [0.25, 0.3) is 0 Å². The van der Waals surface area contributed by atoms with Gasteiger partial charge in [-0.3, -0.25) is 9.59 Å². The van der Waals surface area contributed by atoms with Crippen LogP contribution < -0.4 is 10.1 Å². The third-order valence-electron chi connectivity index (χ3n) is 3.98. The molecule has 1 aliphatic rings. The van der Waals surface area contributed by atoms with E-state index in [1.165, 1.54) is 0 Å². The molecule has 1 saturated heterocycles. The molecule has 1 heterocycles. The zero-order chi connectivity index (χ0) is 17.1. The Hall–Kier alpha value is -2.34. The van der Waals surface area contributed by atoms with E-state index in [9.17, 15) is 9.59 Å². The number of carbonyl (C=O) groups excluding carboxylic acids is 2. The van der Waals surface area contributed by atoms with E-state index in [2.05, 4.69) is 21.2 Å². The number of hydrogen-bond donors (Lipinski definition) is 1. The fourth-order valence-electron chi connectivity index (χ4n) is 2.79. The Morgan fingerprint density at radius 2 is 2.00 bits per heavy atom. The van der Waals surface area contributed by atoms with Gasteiger partial charge in [-0.1, -0.05) is 34.1 Å². The quantitative estimate of drug-likeness (QED) is 0.879. The summed E-state index contributed by atoms with van der Waals surface area (Å²) in [6, 6.07) is 13.8. The number of carbonyl (C=O) groups is 2. The van der Waals surface area contributed by atoms with Crippen molar-refractivity contribution in [3.8, 4) is 5.75 Å². The minimum atomic E-state index is -0.642. The minimum absolute atomic E-state index is 0.160. The number of piperazine rings is 1. The fraction of sp³-hybridized carbons (Fsp3) is 0.222. The van der Waals surface area contributed by atoms with Gasteiger partial charge >= 0.3 is 0 Å². The van der Waals surface area contributed by atoms with E-state index in [0.717, 1.165) is 10.0 Å². The first-order valence-corrected chi connectivity index (χ1v) is 8.37. The van der Waals surface area contributed by atoms with Crippen LogP contribution in [0, 0.1) is 0 Å². The van der Waals surface area contributed by atoms with Gasteiger partial charge in [0, 0.05) is 23.1 Å². The summed E-state index contributed by atoms with van der Waals surface area (Å²) in [6.45, 7) is 0.916. The van der Waals surface area contributed by atoms with Crippen molar-refractivity contribution in [1.82, 2.24) is 10.2 Å². The van der Waals surface area contributed by atoms with Crippen molar-refractivity contribution < 1.29 is 14.3 Å². The van der Waals surface area contributed by atoms with E-state index in [0.29, 0.717) is 24.4 Å². The second-order valence-electron chi connectivity index (χ2n) is 5.48. The van der Waals surface area contributed by atoms with E-state index in [-0.39, 0.29) is 11.8 Å². The smallest absolute Gasteiger partial charge is 0.254 e. The summed E-state index contributed by atoms with van der Waals surface area (Å²) in [5.74, 6) is 0.376. The Balaban J connectivity index is 1.94. The van der Waals surface area contributed by atoms with E-state index in [4.69, 9.17) is 4.74 Å². The average Bonchev–Trinajstić information content (AvgIpc) is 2.61. The van der Waals surface area contributed by atoms with Gasteiger partial charge in [-0.2, -0.15) is 0 Å². The van der Waals surface area contributed by atoms with Crippen molar-refractivity contribution in [2.24, 2.45) is 0 Å². The van der Waals surface area contributed by atoms with Gasteiger partial charge in [0.1, 0.15) is 11.8 Å². The van der Waals surface area contributed by atoms with Crippen LogP contribution in [0.1, 0.15) is 22.0 Å². The Labute approximate surface area is 148 Å². The molecule has 6 heteroatoms. The van der Waals surface area contributed by atoms with Crippen molar-refractivity contribution in [3.63, 3.8) is 0 Å². The standard InChI is InChI=1S/C18H17BrN2O3/c1-24-15-7-5-12(6-8-15)16-17(22)20-9-10-21(16)18(23)13-3-2-4-14(19)11-13/h2-8,11,16H,9-10H2,1H3,(H,20,22). The number of nitrogens with one attached hydrogen (secondary N) is 1. The Kier molecular flexibility index (Phi) is 4.85. The first-order valence-electron chi connectivity index (χ1n) is 7.58. The molecule has 5 nitrogen and oxygen atoms in total. The molecule has 1 aliphatic heterocycles. The van der Waals surface area contributed by atoms with Crippen LogP contribution in [0.5, 0.6) is 5.75 Å². The normalized spacial score (nSPS) is 17.3. The van der Waals surface area contributed by atoms with Gasteiger partial charge in [-0.15, -0.1) is 0 Å². The van der Waals surface area contributed by atoms with E-state index in [1.807, 2.05) is 24.3 Å². The summed E-state index contributed by atoms with van der Waals surface area (Å²) >= 11 is 3.38. The van der Waals surface area contributed by atoms with Crippen molar-refractivity contribution >= 4 is 27.7 Å². The lowest BCUT2D eigenvalue weighted by atomic mass is 10.0. The molecule has 0 aromatic heterocycles. The summed E-state index contributed by atoms with van der Waals surface area (Å²) in [5.41, 5.74) is 1.31. The van der Waals surface area contributed by atoms with Gasteiger partial charge in [0.2, 0.25) is 5.91 Å². The Morgan fingerprint density at radius 3 is 2.67 bits per heavy atom. The molecule has 1 atom stereocenters. The summed E-state index contributed by atoms with van der Waals surface area (Å²) < 4.78 is 5.98. The molecule has 3 rings (SSSR count). The summed E-state index contributed by atoms with van der Waals surface area (Å²) in [5, 5.41) is 2.83. The third-order valence-corrected chi connectivity index (χ3v) is 4.47. The summed E-state index contributed by atoms with van der Waals surface area (Å²) in [4.78, 5) is 26.9. The number of hydrogen-bond acceptors (Lipinski definition) is 3. The zero-order valence-corrected chi connectivity index (χ0v) is 14.7. The molecule has 1 unspecified atom stereocenters. The van der Waals surface area contributed by atoms with E-state index >= 15 is 0 Å². The lowest BCUT2D eigenvalue weighted by Gasteiger charge is -2.35. The van der Waals surface area contributed by atoms with Crippen LogP contribution in [0.3, 0.4) is 0 Å². The van der Waals surface area contributed by atoms with E-state index in [1.54, 1.807) is 36.3 Å². The molecular formula is C18H17BrN2O3. The molecule has 2 aromatic carbocycles. The maximum atomic E-state index is 12.9. The molecule has 0 bridgehead atoms. The maximum Gasteiger partial charge on any atom is 0.254 e.